The molecule has 1 aromatic heterocycles. The number of hydrogen-bond acceptors (Lipinski definition) is 3. The number of para-hydroxylation sites is 1. The van der Waals surface area contributed by atoms with Crippen molar-refractivity contribution in [1.82, 2.24) is 4.98 Å². The summed E-state index contributed by atoms with van der Waals surface area (Å²) in [5, 5.41) is 1.19. The van der Waals surface area contributed by atoms with E-state index in [0.29, 0.717) is 0 Å². The third-order valence-corrected chi connectivity index (χ3v) is 3.67. The van der Waals surface area contributed by atoms with Crippen LogP contribution in [0.3, 0.4) is 0 Å². The quantitative estimate of drug-likeness (QED) is 0.898. The number of fused-ring (bicyclic) bond motifs is 1. The number of anilines is 1. The maximum Gasteiger partial charge on any atom is 0.129 e. The Kier molecular flexibility index (Phi) is 2.71. The molecule has 18 heavy (non-hydrogen) atoms. The summed E-state index contributed by atoms with van der Waals surface area (Å²) in [7, 11) is 0. The summed E-state index contributed by atoms with van der Waals surface area (Å²) >= 11 is 0. The highest BCUT2D eigenvalue weighted by atomic mass is 15.3. The van der Waals surface area contributed by atoms with Gasteiger partial charge in [0, 0.05) is 18.5 Å². The highest BCUT2D eigenvalue weighted by Gasteiger charge is 2.39. The van der Waals surface area contributed by atoms with Crippen LogP contribution in [0.5, 0.6) is 0 Å². The Bertz CT molecular complexity index is 558. The molecule has 3 nitrogen and oxygen atoms in total. The van der Waals surface area contributed by atoms with Crippen molar-refractivity contribution in [2.75, 3.05) is 18.0 Å². The van der Waals surface area contributed by atoms with E-state index in [9.17, 15) is 0 Å². The minimum atomic E-state index is 0.00206. The van der Waals surface area contributed by atoms with Crippen LogP contribution >= 0.6 is 0 Å². The lowest BCUT2D eigenvalue weighted by molar-refractivity contribution is 0.306. The fourth-order valence-corrected chi connectivity index (χ4v) is 2.76. The van der Waals surface area contributed by atoms with Crippen LogP contribution in [0.4, 0.5) is 5.82 Å². The van der Waals surface area contributed by atoms with Crippen molar-refractivity contribution in [2.45, 2.75) is 25.3 Å². The summed E-state index contributed by atoms with van der Waals surface area (Å²) < 4.78 is 0. The summed E-state index contributed by atoms with van der Waals surface area (Å²) in [5.41, 5.74) is 7.34. The molecule has 1 aliphatic rings. The van der Waals surface area contributed by atoms with Crippen molar-refractivity contribution in [1.29, 1.82) is 0 Å². The van der Waals surface area contributed by atoms with Crippen LogP contribution in [0.25, 0.3) is 10.9 Å². The van der Waals surface area contributed by atoms with E-state index in [0.717, 1.165) is 37.3 Å². The molecule has 1 fully saturated rings. The van der Waals surface area contributed by atoms with Gasteiger partial charge in [0.05, 0.1) is 11.1 Å². The monoisotopic (exact) mass is 241 g/mol. The molecule has 0 spiro atoms. The molecule has 0 aliphatic carbocycles. The first kappa shape index (κ1) is 11.5. The van der Waals surface area contributed by atoms with E-state index in [-0.39, 0.29) is 5.54 Å². The van der Waals surface area contributed by atoms with Crippen molar-refractivity contribution >= 4 is 16.7 Å². The van der Waals surface area contributed by atoms with E-state index in [2.05, 4.69) is 36.1 Å². The van der Waals surface area contributed by atoms with Gasteiger partial charge in [0.1, 0.15) is 5.82 Å². The van der Waals surface area contributed by atoms with Gasteiger partial charge in [-0.05, 0) is 24.6 Å². The van der Waals surface area contributed by atoms with Gasteiger partial charge in [-0.15, -0.1) is 0 Å². The molecular formula is C15H19N3. The van der Waals surface area contributed by atoms with Crippen LogP contribution in [0.1, 0.15) is 19.8 Å². The van der Waals surface area contributed by atoms with Gasteiger partial charge in [0.25, 0.3) is 0 Å². The zero-order valence-electron chi connectivity index (χ0n) is 10.8. The predicted octanol–water partition coefficient (Wildman–Crippen LogP) is 2.55. The Hall–Kier alpha value is -1.61. The summed E-state index contributed by atoms with van der Waals surface area (Å²) in [4.78, 5) is 6.96. The van der Waals surface area contributed by atoms with Gasteiger partial charge in [-0.25, -0.2) is 4.98 Å². The van der Waals surface area contributed by atoms with Crippen LogP contribution in [0, 0.1) is 0 Å². The Balaban J connectivity index is 1.80. The minimum Gasteiger partial charge on any atom is -0.353 e. The molecule has 2 aromatic rings. The zero-order valence-corrected chi connectivity index (χ0v) is 10.8. The molecule has 2 N–H and O–H groups in total. The van der Waals surface area contributed by atoms with Gasteiger partial charge < -0.3 is 10.6 Å². The van der Waals surface area contributed by atoms with E-state index in [1.54, 1.807) is 0 Å². The first-order valence-electron chi connectivity index (χ1n) is 6.60. The second-order valence-electron chi connectivity index (χ2n) is 5.33. The maximum absolute atomic E-state index is 6.28. The largest absolute Gasteiger partial charge is 0.353 e. The van der Waals surface area contributed by atoms with Gasteiger partial charge in [0.15, 0.2) is 0 Å². The number of aromatic nitrogens is 1. The first-order chi connectivity index (χ1) is 8.70. The summed E-state index contributed by atoms with van der Waals surface area (Å²) in [6.45, 7) is 4.03. The maximum atomic E-state index is 6.28. The van der Waals surface area contributed by atoms with Gasteiger partial charge in [0.2, 0.25) is 0 Å². The highest BCUT2D eigenvalue weighted by Crippen LogP contribution is 2.28. The summed E-state index contributed by atoms with van der Waals surface area (Å²) in [6, 6.07) is 12.4. The third kappa shape index (κ3) is 1.95. The topological polar surface area (TPSA) is 42.1 Å². The molecule has 1 aromatic carbocycles. The highest BCUT2D eigenvalue weighted by molar-refractivity contribution is 5.80. The molecule has 0 unspecified atom stereocenters. The van der Waals surface area contributed by atoms with Crippen molar-refractivity contribution in [3.8, 4) is 0 Å². The molecule has 3 heteroatoms. The molecule has 0 saturated carbocycles. The standard InChI is InChI=1S/C15H19N3/c1-2-9-15(16)10-18(11-15)14-8-7-12-5-3-4-6-13(12)17-14/h3-8H,2,9-11,16H2,1H3. The minimum absolute atomic E-state index is 0.00206. The molecule has 2 heterocycles. The van der Waals surface area contributed by atoms with E-state index >= 15 is 0 Å². The van der Waals surface area contributed by atoms with E-state index < -0.39 is 0 Å². The van der Waals surface area contributed by atoms with Crippen molar-refractivity contribution in [2.24, 2.45) is 5.73 Å². The van der Waals surface area contributed by atoms with Gasteiger partial charge >= 0.3 is 0 Å². The van der Waals surface area contributed by atoms with Gasteiger partial charge in [-0.1, -0.05) is 31.5 Å². The predicted molar refractivity (Wildman–Crippen MR) is 75.8 cm³/mol. The number of hydrogen-bond donors (Lipinski definition) is 1. The number of nitrogens with zero attached hydrogens (tertiary/aromatic N) is 2. The molecule has 1 aliphatic heterocycles. The van der Waals surface area contributed by atoms with Gasteiger partial charge in [-0.3, -0.25) is 0 Å². The smallest absolute Gasteiger partial charge is 0.129 e. The van der Waals surface area contributed by atoms with E-state index in [1.165, 1.54) is 5.39 Å². The second kappa shape index (κ2) is 4.25. The Morgan fingerprint density at radius 2 is 2.00 bits per heavy atom. The van der Waals surface area contributed by atoms with Crippen LogP contribution in [0.15, 0.2) is 36.4 Å². The van der Waals surface area contributed by atoms with Crippen molar-refractivity contribution in [3.05, 3.63) is 36.4 Å². The molecule has 0 bridgehead atoms. The number of rotatable bonds is 3. The lowest BCUT2D eigenvalue weighted by atomic mass is 9.86. The molecule has 3 rings (SSSR count). The first-order valence-corrected chi connectivity index (χ1v) is 6.60. The molecule has 1 saturated heterocycles. The van der Waals surface area contributed by atoms with E-state index in [4.69, 9.17) is 10.7 Å². The van der Waals surface area contributed by atoms with E-state index in [1.807, 2.05) is 12.1 Å². The molecule has 94 valence electrons. The summed E-state index contributed by atoms with van der Waals surface area (Å²) in [5.74, 6) is 1.05. The SMILES string of the molecule is CCCC1(N)CN(c2ccc3ccccc3n2)C1. The van der Waals surface area contributed by atoms with Crippen molar-refractivity contribution in [3.63, 3.8) is 0 Å². The second-order valence-corrected chi connectivity index (χ2v) is 5.33. The average molecular weight is 241 g/mol. The normalized spacial score (nSPS) is 17.8. The van der Waals surface area contributed by atoms with Gasteiger partial charge in [-0.2, -0.15) is 0 Å². The molecule has 0 amide bonds. The lowest BCUT2D eigenvalue weighted by Gasteiger charge is -2.48. The Labute approximate surface area is 108 Å². The van der Waals surface area contributed by atoms with Crippen LogP contribution in [-0.4, -0.2) is 23.6 Å². The zero-order chi connectivity index (χ0) is 12.6. The van der Waals surface area contributed by atoms with Crippen LogP contribution in [-0.2, 0) is 0 Å². The van der Waals surface area contributed by atoms with Crippen LogP contribution < -0.4 is 10.6 Å². The van der Waals surface area contributed by atoms with Crippen LogP contribution in [0.2, 0.25) is 0 Å². The molecule has 0 atom stereocenters. The van der Waals surface area contributed by atoms with Crippen molar-refractivity contribution < 1.29 is 0 Å². The molecular weight excluding hydrogens is 222 g/mol. The fraction of sp³-hybridized carbons (Fsp3) is 0.400. The Morgan fingerprint density at radius 1 is 1.22 bits per heavy atom. The number of benzene rings is 1. The average Bonchev–Trinajstić information content (AvgIpc) is 2.35. The third-order valence-electron chi connectivity index (χ3n) is 3.67. The molecule has 0 radical (unpaired) electrons. The number of nitrogens with two attached hydrogens (primary N) is 1. The fourth-order valence-electron chi connectivity index (χ4n) is 2.76. The summed E-state index contributed by atoms with van der Waals surface area (Å²) in [6.07, 6.45) is 2.24. The Morgan fingerprint density at radius 3 is 2.78 bits per heavy atom. The lowest BCUT2D eigenvalue weighted by Crippen LogP contribution is -2.67. The number of pyridine rings is 1.